The minimum absolute atomic E-state index is 0.761. The first-order valence-electron chi connectivity index (χ1n) is 6.43. The third-order valence-corrected chi connectivity index (χ3v) is 3.97. The van der Waals surface area contributed by atoms with Crippen LogP contribution in [-0.2, 0) is 6.54 Å². The zero-order chi connectivity index (χ0) is 12.8. The highest BCUT2D eigenvalue weighted by Crippen LogP contribution is 2.27. The minimum Gasteiger partial charge on any atom is -0.497 e. The van der Waals surface area contributed by atoms with Gasteiger partial charge in [0, 0.05) is 37.0 Å². The molecule has 2 rings (SSSR count). The topological polar surface area (TPSA) is 21.7 Å². The predicted molar refractivity (Wildman–Crippen MR) is 76.8 cm³/mol. The molecule has 100 valence electrons. The molecule has 0 radical (unpaired) electrons. The summed E-state index contributed by atoms with van der Waals surface area (Å²) in [6, 6.07) is 6.10. The molecule has 1 aromatic rings. The van der Waals surface area contributed by atoms with Crippen molar-refractivity contribution in [2.24, 2.45) is 0 Å². The molecule has 4 heteroatoms. The summed E-state index contributed by atoms with van der Waals surface area (Å²) < 4.78 is 11.0. The van der Waals surface area contributed by atoms with Gasteiger partial charge in [0.1, 0.15) is 18.1 Å². The highest BCUT2D eigenvalue weighted by molar-refractivity contribution is 7.99. The maximum absolute atomic E-state index is 5.80. The van der Waals surface area contributed by atoms with Crippen LogP contribution in [0.2, 0.25) is 0 Å². The molecule has 1 aliphatic rings. The number of methoxy groups -OCH3 is 1. The molecule has 1 aliphatic heterocycles. The van der Waals surface area contributed by atoms with E-state index in [0.717, 1.165) is 37.7 Å². The second kappa shape index (κ2) is 6.90. The van der Waals surface area contributed by atoms with Crippen LogP contribution in [0.5, 0.6) is 11.5 Å². The maximum Gasteiger partial charge on any atom is 0.127 e. The van der Waals surface area contributed by atoms with Gasteiger partial charge < -0.3 is 9.47 Å². The van der Waals surface area contributed by atoms with Crippen molar-refractivity contribution in [2.75, 3.05) is 38.3 Å². The van der Waals surface area contributed by atoms with E-state index in [-0.39, 0.29) is 0 Å². The van der Waals surface area contributed by atoms with Crippen LogP contribution < -0.4 is 9.47 Å². The van der Waals surface area contributed by atoms with Gasteiger partial charge in [-0.25, -0.2) is 0 Å². The summed E-state index contributed by atoms with van der Waals surface area (Å²) in [4.78, 5) is 2.46. The van der Waals surface area contributed by atoms with Crippen molar-refractivity contribution in [3.05, 3.63) is 23.8 Å². The zero-order valence-corrected chi connectivity index (χ0v) is 12.0. The summed E-state index contributed by atoms with van der Waals surface area (Å²) in [5.74, 6) is 4.23. The molecular weight excluding hydrogens is 246 g/mol. The average molecular weight is 267 g/mol. The van der Waals surface area contributed by atoms with Crippen molar-refractivity contribution in [2.45, 2.75) is 13.5 Å². The number of thioether (sulfide) groups is 1. The first-order chi connectivity index (χ1) is 8.83. The van der Waals surface area contributed by atoms with Crippen LogP contribution in [0, 0.1) is 0 Å². The Hall–Kier alpha value is -0.870. The van der Waals surface area contributed by atoms with Gasteiger partial charge >= 0.3 is 0 Å². The number of hydrogen-bond acceptors (Lipinski definition) is 4. The Kier molecular flexibility index (Phi) is 5.20. The molecule has 3 nitrogen and oxygen atoms in total. The minimum atomic E-state index is 0.761. The van der Waals surface area contributed by atoms with E-state index in [1.165, 1.54) is 17.1 Å². The summed E-state index contributed by atoms with van der Waals surface area (Å²) in [5.41, 5.74) is 1.26. The van der Waals surface area contributed by atoms with Gasteiger partial charge in [0.25, 0.3) is 0 Å². The molecule has 1 aromatic carbocycles. The van der Waals surface area contributed by atoms with E-state index >= 15 is 0 Å². The molecule has 0 aromatic heterocycles. The average Bonchev–Trinajstić information content (AvgIpc) is 2.60. The number of hydrogen-bond donors (Lipinski definition) is 0. The van der Waals surface area contributed by atoms with Gasteiger partial charge in [-0.1, -0.05) is 13.0 Å². The van der Waals surface area contributed by atoms with E-state index in [4.69, 9.17) is 9.47 Å². The van der Waals surface area contributed by atoms with Gasteiger partial charge in [-0.05, 0) is 11.8 Å². The van der Waals surface area contributed by atoms with Crippen molar-refractivity contribution in [3.8, 4) is 11.5 Å². The molecule has 0 bridgehead atoms. The van der Waals surface area contributed by atoms with Crippen LogP contribution >= 0.6 is 11.8 Å². The quantitative estimate of drug-likeness (QED) is 0.765. The summed E-state index contributed by atoms with van der Waals surface area (Å²) in [6.45, 7) is 6.08. The van der Waals surface area contributed by atoms with Crippen LogP contribution in [-0.4, -0.2) is 43.2 Å². The molecule has 0 aliphatic carbocycles. The number of ether oxygens (including phenoxy) is 2. The smallest absolute Gasteiger partial charge is 0.127 e. The fraction of sp³-hybridized carbons (Fsp3) is 0.571. The van der Waals surface area contributed by atoms with Crippen molar-refractivity contribution in [3.63, 3.8) is 0 Å². The molecule has 0 saturated heterocycles. The van der Waals surface area contributed by atoms with Crippen molar-refractivity contribution in [1.29, 1.82) is 0 Å². The summed E-state index contributed by atoms with van der Waals surface area (Å²) >= 11 is 1.99. The zero-order valence-electron chi connectivity index (χ0n) is 11.1. The first kappa shape index (κ1) is 13.6. The number of fused-ring (bicyclic) bond motifs is 1. The molecule has 0 N–H and O–H groups in total. The summed E-state index contributed by atoms with van der Waals surface area (Å²) in [6.07, 6.45) is 0. The Balaban J connectivity index is 2.00. The van der Waals surface area contributed by atoms with Gasteiger partial charge in [-0.15, -0.1) is 0 Å². The van der Waals surface area contributed by atoms with Gasteiger partial charge in [0.2, 0.25) is 0 Å². The SMILES string of the molecule is CCSCCN1CCOc2cc(OC)ccc2C1. The van der Waals surface area contributed by atoms with Gasteiger partial charge in [-0.3, -0.25) is 4.90 Å². The number of rotatable bonds is 5. The van der Waals surface area contributed by atoms with E-state index < -0.39 is 0 Å². The molecule has 18 heavy (non-hydrogen) atoms. The lowest BCUT2D eigenvalue weighted by Gasteiger charge is -2.18. The molecule has 1 heterocycles. The lowest BCUT2D eigenvalue weighted by molar-refractivity contribution is 0.235. The van der Waals surface area contributed by atoms with Crippen LogP contribution in [0.4, 0.5) is 0 Å². The summed E-state index contributed by atoms with van der Waals surface area (Å²) in [5, 5.41) is 0. The molecule has 0 spiro atoms. The highest BCUT2D eigenvalue weighted by atomic mass is 32.2. The van der Waals surface area contributed by atoms with E-state index in [0.29, 0.717) is 0 Å². The van der Waals surface area contributed by atoms with Gasteiger partial charge in [0.15, 0.2) is 0 Å². The molecule has 0 atom stereocenters. The number of benzene rings is 1. The fourth-order valence-electron chi connectivity index (χ4n) is 2.06. The predicted octanol–water partition coefficient (Wildman–Crippen LogP) is 2.64. The highest BCUT2D eigenvalue weighted by Gasteiger charge is 2.15. The molecule has 0 saturated carbocycles. The lowest BCUT2D eigenvalue weighted by atomic mass is 10.2. The molecular formula is C14H21NO2S. The molecule has 0 fully saturated rings. The van der Waals surface area contributed by atoms with E-state index in [2.05, 4.69) is 17.9 Å². The Morgan fingerprint density at radius 3 is 3.11 bits per heavy atom. The second-order valence-electron chi connectivity index (χ2n) is 4.30. The Morgan fingerprint density at radius 2 is 2.33 bits per heavy atom. The van der Waals surface area contributed by atoms with Gasteiger partial charge in [0.05, 0.1) is 7.11 Å². The lowest BCUT2D eigenvalue weighted by Crippen LogP contribution is -2.28. The first-order valence-corrected chi connectivity index (χ1v) is 7.58. The van der Waals surface area contributed by atoms with Crippen molar-refractivity contribution < 1.29 is 9.47 Å². The fourth-order valence-corrected chi connectivity index (χ4v) is 2.74. The van der Waals surface area contributed by atoms with Crippen molar-refractivity contribution >= 4 is 11.8 Å². The Morgan fingerprint density at radius 1 is 1.44 bits per heavy atom. The maximum atomic E-state index is 5.80. The van der Waals surface area contributed by atoms with E-state index in [1.54, 1.807) is 7.11 Å². The van der Waals surface area contributed by atoms with Crippen LogP contribution in [0.1, 0.15) is 12.5 Å². The largest absolute Gasteiger partial charge is 0.497 e. The number of nitrogens with zero attached hydrogens (tertiary/aromatic N) is 1. The van der Waals surface area contributed by atoms with Crippen LogP contribution in [0.15, 0.2) is 18.2 Å². The monoisotopic (exact) mass is 267 g/mol. The third kappa shape index (κ3) is 3.56. The van der Waals surface area contributed by atoms with Gasteiger partial charge in [-0.2, -0.15) is 11.8 Å². The Labute approximate surface area is 113 Å². The standard InChI is InChI=1S/C14H21NO2S/c1-3-18-9-7-15-6-8-17-14-10-13(16-2)5-4-12(14)11-15/h4-5,10H,3,6-9,11H2,1-2H3. The molecule has 0 amide bonds. The van der Waals surface area contributed by atoms with Crippen molar-refractivity contribution in [1.82, 2.24) is 4.90 Å². The normalized spacial score (nSPS) is 15.7. The van der Waals surface area contributed by atoms with Crippen LogP contribution in [0.3, 0.4) is 0 Å². The second-order valence-corrected chi connectivity index (χ2v) is 5.69. The van der Waals surface area contributed by atoms with Crippen LogP contribution in [0.25, 0.3) is 0 Å². The summed E-state index contributed by atoms with van der Waals surface area (Å²) in [7, 11) is 1.69. The van der Waals surface area contributed by atoms with E-state index in [9.17, 15) is 0 Å². The van der Waals surface area contributed by atoms with E-state index in [1.807, 2.05) is 23.9 Å². The molecule has 0 unspecified atom stereocenters. The third-order valence-electron chi connectivity index (χ3n) is 3.09. The Bertz CT molecular complexity index is 384.